The van der Waals surface area contributed by atoms with Crippen LogP contribution >= 0.6 is 0 Å². The van der Waals surface area contributed by atoms with Crippen molar-refractivity contribution in [2.75, 3.05) is 19.6 Å². The van der Waals surface area contributed by atoms with Crippen LogP contribution in [-0.2, 0) is 6.42 Å². The highest BCUT2D eigenvalue weighted by Crippen LogP contribution is 2.15. The molecule has 0 aliphatic heterocycles. The summed E-state index contributed by atoms with van der Waals surface area (Å²) in [6.07, 6.45) is 2.25. The van der Waals surface area contributed by atoms with Crippen LogP contribution in [0.4, 0.5) is 0 Å². The molecule has 0 amide bonds. The molecule has 1 unspecified atom stereocenters. The van der Waals surface area contributed by atoms with E-state index in [0.29, 0.717) is 5.92 Å². The van der Waals surface area contributed by atoms with Crippen LogP contribution in [0.25, 0.3) is 10.8 Å². The van der Waals surface area contributed by atoms with Crippen molar-refractivity contribution >= 4 is 10.8 Å². The Balaban J connectivity index is 1.78. The Hall–Kier alpha value is -1.38. The molecule has 2 rings (SSSR count). The minimum Gasteiger partial charge on any atom is -0.330 e. The number of nitrogens with one attached hydrogen (secondary N) is 1. The average Bonchev–Trinajstić information content (AvgIpc) is 2.46. The Morgan fingerprint density at radius 2 is 1.84 bits per heavy atom. The fourth-order valence-electron chi connectivity index (χ4n) is 2.22. The minimum atomic E-state index is 0.619. The van der Waals surface area contributed by atoms with Crippen LogP contribution in [0.1, 0.15) is 18.9 Å². The van der Waals surface area contributed by atoms with Gasteiger partial charge in [0.25, 0.3) is 0 Å². The predicted molar refractivity (Wildman–Crippen MR) is 83.4 cm³/mol. The Labute approximate surface area is 116 Å². The Morgan fingerprint density at radius 1 is 1.05 bits per heavy atom. The quantitative estimate of drug-likeness (QED) is 0.747. The van der Waals surface area contributed by atoms with Gasteiger partial charge in [-0.05, 0) is 54.7 Å². The van der Waals surface area contributed by atoms with Crippen molar-refractivity contribution in [2.24, 2.45) is 11.7 Å². The van der Waals surface area contributed by atoms with Gasteiger partial charge in [0.2, 0.25) is 0 Å². The lowest BCUT2D eigenvalue weighted by Gasteiger charge is -2.09. The highest BCUT2D eigenvalue weighted by molar-refractivity contribution is 5.82. The summed E-state index contributed by atoms with van der Waals surface area (Å²) in [6, 6.07) is 15.2. The van der Waals surface area contributed by atoms with Gasteiger partial charge < -0.3 is 11.1 Å². The van der Waals surface area contributed by atoms with E-state index in [9.17, 15) is 0 Å². The summed E-state index contributed by atoms with van der Waals surface area (Å²) in [7, 11) is 0. The number of hydrogen-bond donors (Lipinski definition) is 2. The second-order valence-electron chi connectivity index (χ2n) is 5.31. The molecule has 2 aromatic rings. The van der Waals surface area contributed by atoms with Crippen LogP contribution in [-0.4, -0.2) is 19.6 Å². The molecule has 0 aliphatic carbocycles. The molecule has 102 valence electrons. The van der Waals surface area contributed by atoms with Gasteiger partial charge in [-0.15, -0.1) is 0 Å². The third kappa shape index (κ3) is 4.34. The zero-order valence-corrected chi connectivity index (χ0v) is 11.7. The van der Waals surface area contributed by atoms with E-state index < -0.39 is 0 Å². The van der Waals surface area contributed by atoms with Gasteiger partial charge in [0.05, 0.1) is 0 Å². The summed E-state index contributed by atoms with van der Waals surface area (Å²) in [5.74, 6) is 0.619. The van der Waals surface area contributed by atoms with E-state index >= 15 is 0 Å². The van der Waals surface area contributed by atoms with E-state index in [2.05, 4.69) is 54.7 Å². The summed E-state index contributed by atoms with van der Waals surface area (Å²) in [5.41, 5.74) is 7.00. The second kappa shape index (κ2) is 7.27. The van der Waals surface area contributed by atoms with Gasteiger partial charge in [-0.25, -0.2) is 0 Å². The first-order valence-corrected chi connectivity index (χ1v) is 7.18. The Morgan fingerprint density at radius 3 is 2.63 bits per heavy atom. The molecule has 2 nitrogen and oxygen atoms in total. The molecule has 19 heavy (non-hydrogen) atoms. The van der Waals surface area contributed by atoms with Crippen LogP contribution in [0.3, 0.4) is 0 Å². The van der Waals surface area contributed by atoms with Gasteiger partial charge in [0, 0.05) is 0 Å². The van der Waals surface area contributed by atoms with E-state index in [1.165, 1.54) is 16.3 Å². The smallest absolute Gasteiger partial charge is 0.000835 e. The summed E-state index contributed by atoms with van der Waals surface area (Å²) < 4.78 is 0. The molecule has 0 bridgehead atoms. The molecule has 0 aromatic heterocycles. The standard InChI is InChI=1S/C17H24N2/c1-14(13-18)8-10-19-11-9-15-6-7-16-4-2-3-5-17(16)12-15/h2-7,12,14,19H,8-11,13,18H2,1H3. The van der Waals surface area contributed by atoms with Gasteiger partial charge in [-0.2, -0.15) is 0 Å². The van der Waals surface area contributed by atoms with Crippen molar-refractivity contribution in [2.45, 2.75) is 19.8 Å². The van der Waals surface area contributed by atoms with E-state index in [4.69, 9.17) is 5.73 Å². The SMILES string of the molecule is CC(CN)CCNCCc1ccc2ccccc2c1. The summed E-state index contributed by atoms with van der Waals surface area (Å²) in [4.78, 5) is 0. The van der Waals surface area contributed by atoms with Gasteiger partial charge in [-0.1, -0.05) is 49.4 Å². The van der Waals surface area contributed by atoms with E-state index in [1.807, 2.05) is 0 Å². The monoisotopic (exact) mass is 256 g/mol. The zero-order chi connectivity index (χ0) is 13.5. The normalized spacial score (nSPS) is 12.7. The van der Waals surface area contributed by atoms with Crippen molar-refractivity contribution in [3.63, 3.8) is 0 Å². The highest BCUT2D eigenvalue weighted by Gasteiger charge is 1.99. The third-order valence-electron chi connectivity index (χ3n) is 3.62. The first-order valence-electron chi connectivity index (χ1n) is 7.18. The lowest BCUT2D eigenvalue weighted by atomic mass is 10.1. The number of benzene rings is 2. The first kappa shape index (κ1) is 14.0. The molecule has 1 atom stereocenters. The van der Waals surface area contributed by atoms with Crippen molar-refractivity contribution < 1.29 is 0 Å². The molecule has 3 N–H and O–H groups in total. The van der Waals surface area contributed by atoms with Gasteiger partial charge in [-0.3, -0.25) is 0 Å². The van der Waals surface area contributed by atoms with Crippen LogP contribution in [0.15, 0.2) is 42.5 Å². The molecule has 0 radical (unpaired) electrons. The number of hydrogen-bond acceptors (Lipinski definition) is 2. The topological polar surface area (TPSA) is 38.0 Å². The van der Waals surface area contributed by atoms with Crippen LogP contribution in [0, 0.1) is 5.92 Å². The van der Waals surface area contributed by atoms with Crippen LogP contribution in [0.2, 0.25) is 0 Å². The molecule has 0 saturated carbocycles. The molecule has 0 heterocycles. The van der Waals surface area contributed by atoms with Crippen molar-refractivity contribution in [3.8, 4) is 0 Å². The van der Waals surface area contributed by atoms with Gasteiger partial charge in [0.15, 0.2) is 0 Å². The maximum absolute atomic E-state index is 5.60. The van der Waals surface area contributed by atoms with Gasteiger partial charge >= 0.3 is 0 Å². The van der Waals surface area contributed by atoms with E-state index in [0.717, 1.165) is 32.5 Å². The average molecular weight is 256 g/mol. The largest absolute Gasteiger partial charge is 0.330 e. The zero-order valence-electron chi connectivity index (χ0n) is 11.7. The highest BCUT2D eigenvalue weighted by atomic mass is 14.8. The van der Waals surface area contributed by atoms with Crippen molar-refractivity contribution in [1.29, 1.82) is 0 Å². The van der Waals surface area contributed by atoms with Crippen molar-refractivity contribution in [1.82, 2.24) is 5.32 Å². The maximum Gasteiger partial charge on any atom is -0.000835 e. The number of nitrogens with two attached hydrogens (primary N) is 1. The molecule has 0 saturated heterocycles. The molecular formula is C17H24N2. The summed E-state index contributed by atoms with van der Waals surface area (Å²) >= 11 is 0. The molecule has 0 spiro atoms. The molecule has 0 aliphatic rings. The van der Waals surface area contributed by atoms with Gasteiger partial charge in [0.1, 0.15) is 0 Å². The van der Waals surface area contributed by atoms with Crippen LogP contribution in [0.5, 0.6) is 0 Å². The fraction of sp³-hybridized carbons (Fsp3) is 0.412. The lowest BCUT2D eigenvalue weighted by Crippen LogP contribution is -2.22. The van der Waals surface area contributed by atoms with Crippen molar-refractivity contribution in [3.05, 3.63) is 48.0 Å². The lowest BCUT2D eigenvalue weighted by molar-refractivity contribution is 0.511. The first-order chi connectivity index (χ1) is 9.29. The molecule has 2 heteroatoms. The fourth-order valence-corrected chi connectivity index (χ4v) is 2.22. The van der Waals surface area contributed by atoms with E-state index in [1.54, 1.807) is 0 Å². The molecular weight excluding hydrogens is 232 g/mol. The van der Waals surface area contributed by atoms with Crippen LogP contribution < -0.4 is 11.1 Å². The minimum absolute atomic E-state index is 0.619. The summed E-state index contributed by atoms with van der Waals surface area (Å²) in [5, 5.41) is 6.14. The Kier molecular flexibility index (Phi) is 5.37. The number of fused-ring (bicyclic) bond motifs is 1. The van der Waals surface area contributed by atoms with E-state index in [-0.39, 0.29) is 0 Å². The Bertz CT molecular complexity index is 507. The molecule has 0 fully saturated rings. The third-order valence-corrected chi connectivity index (χ3v) is 3.62. The summed E-state index contributed by atoms with van der Waals surface area (Å²) in [6.45, 7) is 5.08. The predicted octanol–water partition coefficient (Wildman–Crippen LogP) is 2.96. The number of rotatable bonds is 7. The second-order valence-corrected chi connectivity index (χ2v) is 5.31. The maximum atomic E-state index is 5.60. The molecule has 2 aromatic carbocycles.